The van der Waals surface area contributed by atoms with Crippen molar-refractivity contribution < 1.29 is 9.53 Å². The highest BCUT2D eigenvalue weighted by Gasteiger charge is 2.41. The second-order valence-electron chi connectivity index (χ2n) is 9.33. The van der Waals surface area contributed by atoms with Gasteiger partial charge in [0.05, 0.1) is 30.4 Å². The van der Waals surface area contributed by atoms with Gasteiger partial charge in [-0.25, -0.2) is 0 Å². The Morgan fingerprint density at radius 1 is 0.914 bits per heavy atom. The quantitative estimate of drug-likeness (QED) is 0.447. The summed E-state index contributed by atoms with van der Waals surface area (Å²) in [7, 11) is 1.67. The Bertz CT molecular complexity index is 1210. The molecule has 1 heterocycles. The number of carbonyl (C=O) groups excluding carboxylic acids is 1. The molecule has 35 heavy (non-hydrogen) atoms. The number of rotatable bonds is 6. The first kappa shape index (κ1) is 23.2. The third kappa shape index (κ3) is 4.55. The summed E-state index contributed by atoms with van der Waals surface area (Å²) in [5.41, 5.74) is 6.32. The van der Waals surface area contributed by atoms with E-state index in [4.69, 9.17) is 9.73 Å². The molecule has 1 aliphatic heterocycles. The first-order valence-electron chi connectivity index (χ1n) is 12.6. The zero-order valence-corrected chi connectivity index (χ0v) is 20.7. The van der Waals surface area contributed by atoms with Gasteiger partial charge in [-0.05, 0) is 73.7 Å². The Morgan fingerprint density at radius 2 is 1.60 bits per heavy atom. The van der Waals surface area contributed by atoms with E-state index in [-0.39, 0.29) is 23.7 Å². The van der Waals surface area contributed by atoms with Crippen molar-refractivity contribution in [3.63, 3.8) is 0 Å². The van der Waals surface area contributed by atoms with Crippen molar-refractivity contribution in [3.05, 3.63) is 83.9 Å². The van der Waals surface area contributed by atoms with E-state index in [1.807, 2.05) is 30.3 Å². The molecule has 1 N–H and O–H groups in total. The number of ether oxygens (including phenoxy) is 1. The van der Waals surface area contributed by atoms with E-state index >= 15 is 0 Å². The molecule has 0 spiro atoms. The molecule has 0 saturated heterocycles. The van der Waals surface area contributed by atoms with Crippen LogP contribution < -0.4 is 15.0 Å². The van der Waals surface area contributed by atoms with Gasteiger partial charge in [-0.1, -0.05) is 36.4 Å². The Kier molecular flexibility index (Phi) is 6.58. The van der Waals surface area contributed by atoms with Crippen LogP contribution in [0.2, 0.25) is 0 Å². The van der Waals surface area contributed by atoms with Crippen LogP contribution in [0.4, 0.5) is 17.1 Å². The van der Waals surface area contributed by atoms with Gasteiger partial charge in [0.1, 0.15) is 11.5 Å². The highest BCUT2D eigenvalue weighted by molar-refractivity contribution is 6.10. The minimum absolute atomic E-state index is 0.124. The maximum absolute atomic E-state index is 13.7. The van der Waals surface area contributed by atoms with E-state index in [0.29, 0.717) is 6.42 Å². The first-order valence-corrected chi connectivity index (χ1v) is 12.6. The number of hydrogen-bond acceptors (Lipinski definition) is 5. The predicted molar refractivity (Wildman–Crippen MR) is 143 cm³/mol. The molecule has 5 rings (SSSR count). The molecular weight excluding hydrogens is 434 g/mol. The molecule has 1 aliphatic carbocycles. The lowest BCUT2D eigenvalue weighted by molar-refractivity contribution is -0.122. The molecule has 0 amide bonds. The third-order valence-electron chi connectivity index (χ3n) is 7.39. The average Bonchev–Trinajstić information content (AvgIpc) is 3.07. The van der Waals surface area contributed by atoms with Crippen molar-refractivity contribution in [2.24, 2.45) is 10.9 Å². The smallest absolute Gasteiger partial charge is 0.144 e. The van der Waals surface area contributed by atoms with Gasteiger partial charge in [0, 0.05) is 30.9 Å². The largest absolute Gasteiger partial charge is 0.497 e. The molecule has 0 radical (unpaired) electrons. The molecule has 5 nitrogen and oxygen atoms in total. The number of ketones is 1. The van der Waals surface area contributed by atoms with Gasteiger partial charge in [0.2, 0.25) is 0 Å². The summed E-state index contributed by atoms with van der Waals surface area (Å²) in [6, 6.07) is 24.7. The second kappa shape index (κ2) is 9.95. The van der Waals surface area contributed by atoms with E-state index in [1.54, 1.807) is 7.11 Å². The molecule has 0 bridgehead atoms. The fraction of sp³-hybridized carbons (Fsp3) is 0.333. The highest BCUT2D eigenvalue weighted by atomic mass is 16.5. The van der Waals surface area contributed by atoms with E-state index in [1.165, 1.54) is 5.69 Å². The number of carbonyl (C=O) groups is 1. The summed E-state index contributed by atoms with van der Waals surface area (Å²) < 4.78 is 5.32. The van der Waals surface area contributed by atoms with Crippen LogP contribution in [0.3, 0.4) is 0 Å². The van der Waals surface area contributed by atoms with Gasteiger partial charge in [-0.15, -0.1) is 0 Å². The van der Waals surface area contributed by atoms with Gasteiger partial charge in [0.25, 0.3) is 0 Å². The number of benzene rings is 3. The summed E-state index contributed by atoms with van der Waals surface area (Å²) in [6.45, 7) is 6.28. The zero-order valence-electron chi connectivity index (χ0n) is 20.7. The number of nitrogens with zero attached hydrogens (tertiary/aromatic N) is 2. The van der Waals surface area contributed by atoms with Crippen LogP contribution in [0.5, 0.6) is 5.75 Å². The minimum Gasteiger partial charge on any atom is -0.497 e. The van der Waals surface area contributed by atoms with Crippen molar-refractivity contribution in [1.82, 2.24) is 0 Å². The Labute approximate surface area is 207 Å². The monoisotopic (exact) mass is 467 g/mol. The Morgan fingerprint density at radius 3 is 2.29 bits per heavy atom. The molecule has 0 aromatic heterocycles. The fourth-order valence-electron chi connectivity index (χ4n) is 5.47. The topological polar surface area (TPSA) is 53.9 Å². The van der Waals surface area contributed by atoms with E-state index in [2.05, 4.69) is 66.5 Å². The minimum atomic E-state index is -0.281. The van der Waals surface area contributed by atoms with Gasteiger partial charge in [-0.3, -0.25) is 9.79 Å². The lowest BCUT2D eigenvalue weighted by Crippen LogP contribution is -2.38. The second-order valence-corrected chi connectivity index (χ2v) is 9.33. The molecule has 180 valence electrons. The Balaban J connectivity index is 1.51. The number of hydrogen-bond donors (Lipinski definition) is 1. The zero-order chi connectivity index (χ0) is 24.4. The van der Waals surface area contributed by atoms with Gasteiger partial charge < -0.3 is 15.0 Å². The average molecular weight is 468 g/mol. The maximum Gasteiger partial charge on any atom is 0.144 e. The number of fused-ring (bicyclic) bond motifs is 2. The molecule has 3 atom stereocenters. The molecule has 3 aromatic carbocycles. The molecular formula is C30H33N3O2. The Hall–Kier alpha value is -3.60. The summed E-state index contributed by atoms with van der Waals surface area (Å²) in [5, 5.41) is 3.69. The molecule has 3 unspecified atom stereocenters. The van der Waals surface area contributed by atoms with Crippen molar-refractivity contribution >= 4 is 28.6 Å². The normalized spacial score (nSPS) is 21.2. The van der Waals surface area contributed by atoms with Crippen LogP contribution in [-0.4, -0.2) is 31.7 Å². The van der Waals surface area contributed by atoms with Gasteiger partial charge >= 0.3 is 0 Å². The number of methoxy groups -OCH3 is 1. The summed E-state index contributed by atoms with van der Waals surface area (Å²) in [6.07, 6.45) is 1.29. The van der Waals surface area contributed by atoms with Crippen LogP contribution in [0.1, 0.15) is 49.8 Å². The van der Waals surface area contributed by atoms with Crippen molar-refractivity contribution in [2.75, 3.05) is 30.4 Å². The van der Waals surface area contributed by atoms with E-state index in [0.717, 1.165) is 53.5 Å². The van der Waals surface area contributed by atoms with Crippen LogP contribution >= 0.6 is 0 Å². The van der Waals surface area contributed by atoms with Crippen LogP contribution in [0.15, 0.2) is 77.8 Å². The number of anilines is 2. The summed E-state index contributed by atoms with van der Waals surface area (Å²) in [4.78, 5) is 21.1. The highest BCUT2D eigenvalue weighted by Crippen LogP contribution is 2.44. The van der Waals surface area contributed by atoms with Gasteiger partial charge in [0.15, 0.2) is 0 Å². The predicted octanol–water partition coefficient (Wildman–Crippen LogP) is 6.54. The van der Waals surface area contributed by atoms with Gasteiger partial charge in [-0.2, -0.15) is 0 Å². The van der Waals surface area contributed by atoms with E-state index < -0.39 is 0 Å². The van der Waals surface area contributed by atoms with E-state index in [9.17, 15) is 4.79 Å². The SMILES string of the molecule is CCN(CC)c1ccc(C2Nc3ccccc3N=C3CC(c4ccc(OC)cc4)CC(=O)C32)cc1. The number of aliphatic imine (C=N–C) groups is 1. The van der Waals surface area contributed by atoms with Crippen molar-refractivity contribution in [3.8, 4) is 5.75 Å². The molecule has 1 saturated carbocycles. The third-order valence-corrected chi connectivity index (χ3v) is 7.39. The summed E-state index contributed by atoms with van der Waals surface area (Å²) >= 11 is 0. The van der Waals surface area contributed by atoms with Crippen LogP contribution in [-0.2, 0) is 4.79 Å². The van der Waals surface area contributed by atoms with Crippen LogP contribution in [0, 0.1) is 5.92 Å². The fourth-order valence-corrected chi connectivity index (χ4v) is 5.47. The lowest BCUT2D eigenvalue weighted by Gasteiger charge is -2.34. The molecule has 1 fully saturated rings. The molecule has 5 heteroatoms. The standard InChI is InChI=1S/C30H33N3O2/c1-4-33(5-2)23-14-10-21(11-15-23)30-29-27(31-25-8-6-7-9-26(25)32-30)18-22(19-28(29)34)20-12-16-24(35-3)17-13-20/h6-17,22,29-30,32H,4-5,18-19H2,1-3H3. The lowest BCUT2D eigenvalue weighted by atomic mass is 9.72. The van der Waals surface area contributed by atoms with Crippen LogP contribution in [0.25, 0.3) is 0 Å². The first-order chi connectivity index (χ1) is 17.1. The maximum atomic E-state index is 13.7. The molecule has 2 aliphatic rings. The van der Waals surface area contributed by atoms with Crippen molar-refractivity contribution in [2.45, 2.75) is 38.6 Å². The summed E-state index contributed by atoms with van der Waals surface area (Å²) in [5.74, 6) is 0.913. The number of nitrogens with one attached hydrogen (secondary N) is 1. The van der Waals surface area contributed by atoms with Crippen molar-refractivity contribution in [1.29, 1.82) is 0 Å². The number of Topliss-reactive ketones (excluding diaryl/α,β-unsaturated/α-hetero) is 1. The molecule has 3 aromatic rings. The number of para-hydroxylation sites is 2.